The van der Waals surface area contributed by atoms with Crippen LogP contribution >= 0.6 is 0 Å². The largest absolute Gasteiger partial charge is 0.497 e. The third-order valence-electron chi connectivity index (χ3n) is 3.70. The van der Waals surface area contributed by atoms with Crippen LogP contribution in [0.4, 0.5) is 0 Å². The Balaban J connectivity index is 2.20. The van der Waals surface area contributed by atoms with Gasteiger partial charge in [0.05, 0.1) is 20.0 Å². The lowest BCUT2D eigenvalue weighted by Gasteiger charge is -2.18. The van der Waals surface area contributed by atoms with Crippen molar-refractivity contribution >= 4 is 10.0 Å². The van der Waals surface area contributed by atoms with Gasteiger partial charge in [0.15, 0.2) is 0 Å². The minimum atomic E-state index is -3.49. The smallest absolute Gasteiger partial charge is 0.216 e. The van der Waals surface area contributed by atoms with Crippen molar-refractivity contribution in [3.05, 3.63) is 59.2 Å². The number of ether oxygens (including phenoxy) is 2. The molecule has 0 saturated carbocycles. The zero-order chi connectivity index (χ0) is 17.7. The van der Waals surface area contributed by atoms with Gasteiger partial charge in [-0.2, -0.15) is 0 Å². The summed E-state index contributed by atoms with van der Waals surface area (Å²) < 4.78 is 38.2. The molecular weight excluding hydrogens is 326 g/mol. The van der Waals surface area contributed by atoms with Gasteiger partial charge in [-0.1, -0.05) is 29.8 Å². The highest BCUT2D eigenvalue weighted by Gasteiger charge is 2.20. The molecule has 0 aliphatic heterocycles. The molecule has 0 unspecified atom stereocenters. The lowest BCUT2D eigenvalue weighted by atomic mass is 10.1. The molecule has 0 bridgehead atoms. The fourth-order valence-electron chi connectivity index (χ4n) is 2.57. The molecule has 2 aromatic rings. The van der Waals surface area contributed by atoms with Gasteiger partial charge >= 0.3 is 0 Å². The summed E-state index contributed by atoms with van der Waals surface area (Å²) in [6.45, 7) is 3.72. The van der Waals surface area contributed by atoms with Gasteiger partial charge in [-0.15, -0.1) is 0 Å². The topological polar surface area (TPSA) is 64.6 Å². The van der Waals surface area contributed by atoms with Gasteiger partial charge in [0.2, 0.25) is 10.0 Å². The zero-order valence-corrected chi connectivity index (χ0v) is 15.2. The Morgan fingerprint density at radius 2 is 1.83 bits per heavy atom. The second-order valence-corrected chi connectivity index (χ2v) is 7.45. The number of sulfonamides is 1. The Hall–Kier alpha value is -2.05. The summed E-state index contributed by atoms with van der Waals surface area (Å²) in [6, 6.07) is 12.3. The second kappa shape index (κ2) is 7.68. The predicted molar refractivity (Wildman–Crippen MR) is 94.9 cm³/mol. The average Bonchev–Trinajstić information content (AvgIpc) is 2.53. The highest BCUT2D eigenvalue weighted by Crippen LogP contribution is 2.29. The van der Waals surface area contributed by atoms with Crippen molar-refractivity contribution in [2.75, 3.05) is 14.2 Å². The molecule has 1 N–H and O–H groups in total. The summed E-state index contributed by atoms with van der Waals surface area (Å²) in [4.78, 5) is 0. The van der Waals surface area contributed by atoms with Gasteiger partial charge in [-0.25, -0.2) is 13.1 Å². The van der Waals surface area contributed by atoms with E-state index >= 15 is 0 Å². The molecule has 6 heteroatoms. The van der Waals surface area contributed by atoms with E-state index in [1.54, 1.807) is 39.3 Å². The zero-order valence-electron chi connectivity index (χ0n) is 14.4. The van der Waals surface area contributed by atoms with Crippen molar-refractivity contribution in [2.24, 2.45) is 0 Å². The fraction of sp³-hybridized carbons (Fsp3) is 0.333. The van der Waals surface area contributed by atoms with Crippen molar-refractivity contribution in [3.63, 3.8) is 0 Å². The number of hydrogen-bond donors (Lipinski definition) is 1. The first kappa shape index (κ1) is 18.3. The van der Waals surface area contributed by atoms with E-state index in [4.69, 9.17) is 9.47 Å². The fourth-order valence-corrected chi connectivity index (χ4v) is 3.94. The van der Waals surface area contributed by atoms with E-state index in [9.17, 15) is 8.42 Å². The number of methoxy groups -OCH3 is 2. The molecule has 0 amide bonds. The van der Waals surface area contributed by atoms with E-state index in [1.165, 1.54) is 0 Å². The number of rotatable bonds is 7. The molecule has 0 fully saturated rings. The summed E-state index contributed by atoms with van der Waals surface area (Å²) in [5.74, 6) is 1.20. The van der Waals surface area contributed by atoms with Crippen molar-refractivity contribution in [1.29, 1.82) is 0 Å². The van der Waals surface area contributed by atoms with Gasteiger partial charge in [-0.3, -0.25) is 0 Å². The van der Waals surface area contributed by atoms with Crippen molar-refractivity contribution in [1.82, 2.24) is 4.72 Å². The summed E-state index contributed by atoms with van der Waals surface area (Å²) in [6.07, 6.45) is 0. The highest BCUT2D eigenvalue weighted by atomic mass is 32.2. The van der Waals surface area contributed by atoms with Crippen LogP contribution in [0.25, 0.3) is 0 Å². The maximum atomic E-state index is 12.5. The molecule has 0 saturated heterocycles. The molecule has 2 aromatic carbocycles. The Labute approximate surface area is 143 Å². The van der Waals surface area contributed by atoms with Crippen molar-refractivity contribution in [2.45, 2.75) is 25.6 Å². The Kier molecular flexibility index (Phi) is 5.85. The maximum Gasteiger partial charge on any atom is 0.216 e. The molecule has 1 atom stereocenters. The normalized spacial score (nSPS) is 12.7. The van der Waals surface area contributed by atoms with Crippen LogP contribution in [-0.2, 0) is 15.8 Å². The molecule has 0 aliphatic carbocycles. The van der Waals surface area contributed by atoms with Crippen LogP contribution in [0.2, 0.25) is 0 Å². The molecule has 0 heterocycles. The van der Waals surface area contributed by atoms with Crippen LogP contribution in [0.5, 0.6) is 11.5 Å². The molecule has 0 radical (unpaired) electrons. The summed E-state index contributed by atoms with van der Waals surface area (Å²) in [5.41, 5.74) is 2.52. The standard InChI is InChI=1S/C18H23NO4S/c1-13-6-5-7-15(10-13)12-24(20,21)19-14(2)17-11-16(22-3)8-9-18(17)23-4/h5-11,14,19H,12H2,1-4H3/t14-/m0/s1. The summed E-state index contributed by atoms with van der Waals surface area (Å²) >= 11 is 0. The molecule has 0 spiro atoms. The first-order chi connectivity index (χ1) is 11.3. The van der Waals surface area contributed by atoms with E-state index in [2.05, 4.69) is 4.72 Å². The van der Waals surface area contributed by atoms with E-state index in [-0.39, 0.29) is 5.75 Å². The third-order valence-corrected chi connectivity index (χ3v) is 5.12. The molecule has 5 nitrogen and oxygen atoms in total. The van der Waals surface area contributed by atoms with Crippen LogP contribution in [0.3, 0.4) is 0 Å². The third kappa shape index (κ3) is 4.72. The van der Waals surface area contributed by atoms with Crippen molar-refractivity contribution in [3.8, 4) is 11.5 Å². The number of benzene rings is 2. The summed E-state index contributed by atoms with van der Waals surface area (Å²) in [5, 5.41) is 0. The Morgan fingerprint density at radius 1 is 1.08 bits per heavy atom. The number of hydrogen-bond acceptors (Lipinski definition) is 4. The SMILES string of the molecule is COc1ccc(OC)c([C@H](C)NS(=O)(=O)Cc2cccc(C)c2)c1. The molecule has 0 aromatic heterocycles. The van der Waals surface area contributed by atoms with Crippen molar-refractivity contribution < 1.29 is 17.9 Å². The summed E-state index contributed by atoms with van der Waals surface area (Å²) in [7, 11) is -0.367. The van der Waals surface area contributed by atoms with E-state index in [0.29, 0.717) is 11.5 Å². The lowest BCUT2D eigenvalue weighted by Crippen LogP contribution is -2.28. The van der Waals surface area contributed by atoms with E-state index in [0.717, 1.165) is 16.7 Å². The minimum Gasteiger partial charge on any atom is -0.497 e. The van der Waals surface area contributed by atoms with Gasteiger partial charge in [-0.05, 0) is 37.6 Å². The molecule has 0 aliphatic rings. The predicted octanol–water partition coefficient (Wildman–Crippen LogP) is 3.19. The van der Waals surface area contributed by atoms with Gasteiger partial charge in [0, 0.05) is 11.6 Å². The molecule has 24 heavy (non-hydrogen) atoms. The monoisotopic (exact) mass is 349 g/mol. The van der Waals surface area contributed by atoms with E-state index < -0.39 is 16.1 Å². The van der Waals surface area contributed by atoms with Crippen LogP contribution < -0.4 is 14.2 Å². The van der Waals surface area contributed by atoms with Gasteiger partial charge in [0.1, 0.15) is 11.5 Å². The minimum absolute atomic E-state index is 0.0642. The molecular formula is C18H23NO4S. The first-order valence-corrected chi connectivity index (χ1v) is 9.27. The quantitative estimate of drug-likeness (QED) is 0.834. The van der Waals surface area contributed by atoms with Crippen LogP contribution in [0.1, 0.15) is 29.7 Å². The van der Waals surface area contributed by atoms with Crippen LogP contribution in [0.15, 0.2) is 42.5 Å². The molecule has 130 valence electrons. The average molecular weight is 349 g/mol. The van der Waals surface area contributed by atoms with Gasteiger partial charge in [0.25, 0.3) is 0 Å². The second-order valence-electron chi connectivity index (χ2n) is 5.70. The Bertz CT molecular complexity index is 802. The lowest BCUT2D eigenvalue weighted by molar-refractivity contribution is 0.395. The number of aryl methyl sites for hydroxylation is 1. The van der Waals surface area contributed by atoms with Crippen LogP contribution in [-0.4, -0.2) is 22.6 Å². The maximum absolute atomic E-state index is 12.5. The first-order valence-electron chi connectivity index (χ1n) is 7.62. The highest BCUT2D eigenvalue weighted by molar-refractivity contribution is 7.88. The van der Waals surface area contributed by atoms with E-state index in [1.807, 2.05) is 31.2 Å². The molecule has 2 rings (SSSR count). The Morgan fingerprint density at radius 3 is 2.46 bits per heavy atom. The van der Waals surface area contributed by atoms with Crippen LogP contribution in [0, 0.1) is 6.92 Å². The van der Waals surface area contributed by atoms with Gasteiger partial charge < -0.3 is 9.47 Å². The number of nitrogens with one attached hydrogen (secondary N) is 1.